The standard InChI is InChI=1S/C20H15Br2F3N4O3/c21-12-3-11(4-13(22)5-12)19(20(23,24)25)6-15(27-9-19)14-2-1-10(7-26-14)17(30)28-16-8-32-29-18(16)31/h1-5,7,16H,6,8-9H2,(H,28,30)(H,29,31). The zero-order valence-corrected chi connectivity index (χ0v) is 19.3. The van der Waals surface area contributed by atoms with Gasteiger partial charge >= 0.3 is 6.18 Å². The first-order chi connectivity index (χ1) is 15.1. The second-order valence-corrected chi connectivity index (χ2v) is 9.24. The molecule has 3 heterocycles. The van der Waals surface area contributed by atoms with E-state index in [1.54, 1.807) is 6.07 Å². The van der Waals surface area contributed by atoms with E-state index in [4.69, 9.17) is 4.84 Å². The average Bonchev–Trinajstić information content (AvgIpc) is 3.35. The van der Waals surface area contributed by atoms with E-state index in [9.17, 15) is 22.8 Å². The first kappa shape index (κ1) is 22.9. The summed E-state index contributed by atoms with van der Waals surface area (Å²) >= 11 is 6.50. The first-order valence-electron chi connectivity index (χ1n) is 9.35. The van der Waals surface area contributed by atoms with Crippen molar-refractivity contribution in [1.82, 2.24) is 15.8 Å². The molecule has 1 saturated heterocycles. The van der Waals surface area contributed by atoms with Crippen molar-refractivity contribution in [3.8, 4) is 0 Å². The van der Waals surface area contributed by atoms with Crippen molar-refractivity contribution >= 4 is 49.4 Å². The molecule has 0 bridgehead atoms. The zero-order valence-electron chi connectivity index (χ0n) is 16.2. The van der Waals surface area contributed by atoms with Crippen LogP contribution < -0.4 is 10.8 Å². The quantitative estimate of drug-likeness (QED) is 0.584. The fourth-order valence-electron chi connectivity index (χ4n) is 3.57. The van der Waals surface area contributed by atoms with Crippen LogP contribution in [-0.4, -0.2) is 47.9 Å². The van der Waals surface area contributed by atoms with Crippen LogP contribution in [0.15, 0.2) is 50.5 Å². The van der Waals surface area contributed by atoms with Crippen LogP contribution in [0.3, 0.4) is 0 Å². The lowest BCUT2D eigenvalue weighted by Gasteiger charge is -2.31. The van der Waals surface area contributed by atoms with Crippen LogP contribution in [-0.2, 0) is 15.0 Å². The molecule has 168 valence electrons. The van der Waals surface area contributed by atoms with Crippen molar-refractivity contribution in [3.63, 3.8) is 0 Å². The number of nitrogens with one attached hydrogen (secondary N) is 2. The summed E-state index contributed by atoms with van der Waals surface area (Å²) in [6.07, 6.45) is -3.68. The van der Waals surface area contributed by atoms with Gasteiger partial charge < -0.3 is 5.32 Å². The SMILES string of the molecule is O=C(NC1CONC1=O)c1ccc(C2=NCC(c3cc(Br)cc(Br)c3)(C(F)(F)F)C2)nc1. The third-order valence-corrected chi connectivity index (χ3v) is 6.25. The van der Waals surface area contributed by atoms with E-state index in [2.05, 4.69) is 52.6 Å². The number of carbonyl (C=O) groups excluding carboxylic acids is 2. The largest absolute Gasteiger partial charge is 0.400 e. The lowest BCUT2D eigenvalue weighted by molar-refractivity contribution is -0.183. The van der Waals surface area contributed by atoms with Gasteiger partial charge in [0.25, 0.3) is 11.8 Å². The van der Waals surface area contributed by atoms with E-state index in [0.29, 0.717) is 8.95 Å². The molecule has 1 aromatic heterocycles. The van der Waals surface area contributed by atoms with E-state index >= 15 is 0 Å². The van der Waals surface area contributed by atoms with Crippen LogP contribution in [0.5, 0.6) is 0 Å². The maximum atomic E-state index is 14.2. The summed E-state index contributed by atoms with van der Waals surface area (Å²) in [6.45, 7) is -0.465. The second kappa shape index (κ2) is 8.56. The third kappa shape index (κ3) is 4.30. The summed E-state index contributed by atoms with van der Waals surface area (Å²) in [6, 6.07) is 6.61. The van der Waals surface area contributed by atoms with Gasteiger partial charge in [-0.1, -0.05) is 31.9 Å². The Bertz CT molecular complexity index is 1090. The fourth-order valence-corrected chi connectivity index (χ4v) is 4.86. The Morgan fingerprint density at radius 3 is 2.50 bits per heavy atom. The van der Waals surface area contributed by atoms with E-state index < -0.39 is 36.0 Å². The van der Waals surface area contributed by atoms with Crippen molar-refractivity contribution < 1.29 is 27.6 Å². The van der Waals surface area contributed by atoms with Crippen LogP contribution in [0, 0.1) is 0 Å². The number of carbonyl (C=O) groups is 2. The van der Waals surface area contributed by atoms with Gasteiger partial charge in [-0.3, -0.25) is 24.4 Å². The van der Waals surface area contributed by atoms with E-state index in [0.717, 1.165) is 0 Å². The Labute approximate surface area is 197 Å². The zero-order chi connectivity index (χ0) is 23.1. The van der Waals surface area contributed by atoms with Crippen LogP contribution in [0.25, 0.3) is 0 Å². The molecule has 1 fully saturated rings. The number of pyridine rings is 1. The summed E-state index contributed by atoms with van der Waals surface area (Å²) in [4.78, 5) is 36.8. The summed E-state index contributed by atoms with van der Waals surface area (Å²) < 4.78 is 43.7. The van der Waals surface area contributed by atoms with Crippen LogP contribution >= 0.6 is 31.9 Å². The highest BCUT2D eigenvalue weighted by Crippen LogP contribution is 2.48. The minimum atomic E-state index is -4.54. The topological polar surface area (TPSA) is 92.7 Å². The predicted molar refractivity (Wildman–Crippen MR) is 115 cm³/mol. The number of aliphatic imine (C=N–C) groups is 1. The summed E-state index contributed by atoms with van der Waals surface area (Å²) in [5, 5.41) is 2.50. The smallest absolute Gasteiger partial charge is 0.338 e. The van der Waals surface area contributed by atoms with Crippen LogP contribution in [0.4, 0.5) is 13.2 Å². The summed E-state index contributed by atoms with van der Waals surface area (Å²) in [7, 11) is 0. The molecule has 1 aromatic carbocycles. The molecular formula is C20H15Br2F3N4O3. The Balaban J connectivity index is 1.55. The third-order valence-electron chi connectivity index (χ3n) is 5.33. The first-order valence-corrected chi connectivity index (χ1v) is 10.9. The van der Waals surface area contributed by atoms with E-state index in [-0.39, 0.29) is 35.6 Å². The number of amides is 2. The van der Waals surface area contributed by atoms with Gasteiger partial charge in [-0.05, 0) is 35.9 Å². The monoisotopic (exact) mass is 574 g/mol. The number of nitrogens with zero attached hydrogens (tertiary/aromatic N) is 2. The molecule has 2 N–H and O–H groups in total. The van der Waals surface area contributed by atoms with Gasteiger partial charge in [-0.2, -0.15) is 13.2 Å². The summed E-state index contributed by atoms with van der Waals surface area (Å²) in [5.41, 5.74) is 0.661. The molecule has 2 aliphatic rings. The molecule has 32 heavy (non-hydrogen) atoms. The molecule has 0 aliphatic carbocycles. The highest BCUT2D eigenvalue weighted by molar-refractivity contribution is 9.11. The fraction of sp³-hybridized carbons (Fsp3) is 0.300. The number of rotatable bonds is 4. The molecule has 7 nitrogen and oxygen atoms in total. The number of halogens is 5. The number of hydroxylamine groups is 1. The molecule has 2 unspecified atom stereocenters. The molecular weight excluding hydrogens is 561 g/mol. The van der Waals surface area contributed by atoms with Crippen molar-refractivity contribution in [3.05, 3.63) is 62.3 Å². The van der Waals surface area contributed by atoms with Crippen molar-refractivity contribution in [2.45, 2.75) is 24.1 Å². The highest BCUT2D eigenvalue weighted by Gasteiger charge is 2.58. The van der Waals surface area contributed by atoms with Crippen molar-refractivity contribution in [1.29, 1.82) is 0 Å². The molecule has 0 radical (unpaired) electrons. The lowest BCUT2D eigenvalue weighted by atomic mass is 9.77. The molecule has 2 atom stereocenters. The van der Waals surface area contributed by atoms with Gasteiger partial charge in [0.15, 0.2) is 0 Å². The van der Waals surface area contributed by atoms with Gasteiger partial charge in [-0.15, -0.1) is 0 Å². The lowest BCUT2D eigenvalue weighted by Crippen LogP contribution is -2.43. The molecule has 2 aliphatic heterocycles. The van der Waals surface area contributed by atoms with Gasteiger partial charge in [0, 0.05) is 21.6 Å². The molecule has 12 heteroatoms. The van der Waals surface area contributed by atoms with Crippen LogP contribution in [0.2, 0.25) is 0 Å². The molecule has 0 saturated carbocycles. The maximum absolute atomic E-state index is 14.2. The molecule has 2 aromatic rings. The minimum Gasteiger partial charge on any atom is -0.338 e. The number of hydrogen-bond acceptors (Lipinski definition) is 5. The van der Waals surface area contributed by atoms with Crippen molar-refractivity contribution in [2.24, 2.45) is 4.99 Å². The second-order valence-electron chi connectivity index (χ2n) is 7.41. The normalized spacial score (nSPS) is 23.1. The highest BCUT2D eigenvalue weighted by atomic mass is 79.9. The molecule has 4 rings (SSSR count). The molecule has 0 spiro atoms. The van der Waals surface area contributed by atoms with Gasteiger partial charge in [0.2, 0.25) is 0 Å². The number of alkyl halides is 3. The Kier molecular flexibility index (Phi) is 6.12. The predicted octanol–water partition coefficient (Wildman–Crippen LogP) is 3.46. The van der Waals surface area contributed by atoms with Crippen LogP contribution in [0.1, 0.15) is 28.0 Å². The minimum absolute atomic E-state index is 0.00185. The number of hydrogen-bond donors (Lipinski definition) is 2. The number of aromatic nitrogens is 1. The van der Waals surface area contributed by atoms with E-state index in [1.807, 2.05) is 0 Å². The Morgan fingerprint density at radius 1 is 1.22 bits per heavy atom. The van der Waals surface area contributed by atoms with E-state index in [1.165, 1.54) is 30.5 Å². The molecule has 2 amide bonds. The summed E-state index contributed by atoms with van der Waals surface area (Å²) in [5.74, 6) is -1.02. The number of benzene rings is 1. The maximum Gasteiger partial charge on any atom is 0.400 e. The van der Waals surface area contributed by atoms with Gasteiger partial charge in [0.1, 0.15) is 18.1 Å². The average molecular weight is 576 g/mol. The van der Waals surface area contributed by atoms with Gasteiger partial charge in [0.05, 0.1) is 23.5 Å². The Morgan fingerprint density at radius 2 is 1.94 bits per heavy atom. The van der Waals surface area contributed by atoms with Crippen molar-refractivity contribution in [2.75, 3.05) is 13.2 Å². The van der Waals surface area contributed by atoms with Gasteiger partial charge in [-0.25, -0.2) is 5.48 Å². The Hall–Kier alpha value is -2.31.